The van der Waals surface area contributed by atoms with Gasteiger partial charge in [0.2, 0.25) is 5.91 Å². The van der Waals surface area contributed by atoms with Crippen molar-refractivity contribution >= 4 is 17.5 Å². The first-order valence-electron chi connectivity index (χ1n) is 8.14. The van der Waals surface area contributed by atoms with Gasteiger partial charge in [0, 0.05) is 31.6 Å². The fourth-order valence-electron chi connectivity index (χ4n) is 2.99. The molecular formula is C18H22N2O3. The average molecular weight is 314 g/mol. The predicted molar refractivity (Wildman–Crippen MR) is 88.4 cm³/mol. The topological polar surface area (TPSA) is 58.6 Å². The van der Waals surface area contributed by atoms with E-state index in [1.165, 1.54) is 5.57 Å². The van der Waals surface area contributed by atoms with Crippen LogP contribution >= 0.6 is 0 Å². The van der Waals surface area contributed by atoms with E-state index in [0.717, 1.165) is 38.0 Å². The second kappa shape index (κ2) is 6.86. The van der Waals surface area contributed by atoms with E-state index in [1.54, 1.807) is 0 Å². The van der Waals surface area contributed by atoms with E-state index in [2.05, 4.69) is 16.8 Å². The Morgan fingerprint density at radius 2 is 1.87 bits per heavy atom. The van der Waals surface area contributed by atoms with Crippen molar-refractivity contribution in [2.24, 2.45) is 0 Å². The highest BCUT2D eigenvalue weighted by Crippen LogP contribution is 2.25. The van der Waals surface area contributed by atoms with E-state index in [1.807, 2.05) is 24.3 Å². The van der Waals surface area contributed by atoms with Crippen molar-refractivity contribution in [3.8, 4) is 5.75 Å². The van der Waals surface area contributed by atoms with Gasteiger partial charge in [-0.25, -0.2) is 0 Å². The molecule has 122 valence electrons. The van der Waals surface area contributed by atoms with Crippen LogP contribution in [-0.2, 0) is 9.59 Å². The van der Waals surface area contributed by atoms with Crippen LogP contribution in [-0.4, -0.2) is 31.0 Å². The summed E-state index contributed by atoms with van der Waals surface area (Å²) in [5.74, 6) is 0.0757. The number of imide groups is 1. The minimum atomic E-state index is -0.583. The molecule has 2 aliphatic heterocycles. The standard InChI is InChI=1S/C18H22N2O3/c1-13-3-2-11-20(12-10-13)14-4-6-15(7-5-14)23-16-8-9-17(21)19-18(16)22/h4-7,16H,1-3,8-12H2,(H,19,21,22). The number of hydrogen-bond acceptors (Lipinski definition) is 4. The zero-order chi connectivity index (χ0) is 16.2. The fraction of sp³-hybridized carbons (Fsp3) is 0.444. The molecule has 2 aliphatic rings. The number of amides is 2. The summed E-state index contributed by atoms with van der Waals surface area (Å²) < 4.78 is 5.70. The molecule has 0 spiro atoms. The molecular weight excluding hydrogens is 292 g/mol. The van der Waals surface area contributed by atoms with Crippen LogP contribution in [0.15, 0.2) is 36.4 Å². The van der Waals surface area contributed by atoms with Crippen LogP contribution in [0, 0.1) is 0 Å². The summed E-state index contributed by atoms with van der Waals surface area (Å²) in [6.45, 7) is 6.11. The number of rotatable bonds is 3. The summed E-state index contributed by atoms with van der Waals surface area (Å²) in [6.07, 6.45) is 3.45. The normalized spacial score (nSPS) is 22.5. The lowest BCUT2D eigenvalue weighted by Gasteiger charge is -2.24. The molecule has 1 N–H and O–H groups in total. The zero-order valence-electron chi connectivity index (χ0n) is 13.2. The van der Waals surface area contributed by atoms with Gasteiger partial charge in [0.1, 0.15) is 5.75 Å². The van der Waals surface area contributed by atoms with Crippen molar-refractivity contribution in [3.05, 3.63) is 36.4 Å². The Morgan fingerprint density at radius 3 is 2.61 bits per heavy atom. The number of nitrogens with zero attached hydrogens (tertiary/aromatic N) is 1. The SMILES string of the molecule is C=C1CCCN(c2ccc(OC3CCC(=O)NC3=O)cc2)CC1. The molecule has 0 aliphatic carbocycles. The van der Waals surface area contributed by atoms with Crippen LogP contribution in [0.1, 0.15) is 32.1 Å². The second-order valence-corrected chi connectivity index (χ2v) is 6.14. The number of ether oxygens (including phenoxy) is 1. The van der Waals surface area contributed by atoms with Gasteiger partial charge in [-0.1, -0.05) is 12.2 Å². The molecule has 1 unspecified atom stereocenters. The highest BCUT2D eigenvalue weighted by molar-refractivity contribution is 5.99. The van der Waals surface area contributed by atoms with Gasteiger partial charge < -0.3 is 9.64 Å². The summed E-state index contributed by atoms with van der Waals surface area (Å²) in [5, 5.41) is 2.30. The van der Waals surface area contributed by atoms with Gasteiger partial charge in [0.15, 0.2) is 6.10 Å². The van der Waals surface area contributed by atoms with E-state index in [4.69, 9.17) is 4.74 Å². The Kier molecular flexibility index (Phi) is 4.65. The van der Waals surface area contributed by atoms with Crippen molar-refractivity contribution in [1.29, 1.82) is 0 Å². The van der Waals surface area contributed by atoms with E-state index < -0.39 is 6.10 Å². The largest absolute Gasteiger partial charge is 0.481 e. The molecule has 2 fully saturated rings. The molecule has 0 radical (unpaired) electrons. The van der Waals surface area contributed by atoms with Gasteiger partial charge in [-0.2, -0.15) is 0 Å². The van der Waals surface area contributed by atoms with Crippen molar-refractivity contribution in [2.45, 2.75) is 38.2 Å². The van der Waals surface area contributed by atoms with Crippen molar-refractivity contribution in [3.63, 3.8) is 0 Å². The minimum absolute atomic E-state index is 0.229. The lowest BCUT2D eigenvalue weighted by molar-refractivity contribution is -0.138. The van der Waals surface area contributed by atoms with Crippen molar-refractivity contribution in [1.82, 2.24) is 5.32 Å². The number of carbonyl (C=O) groups excluding carboxylic acids is 2. The maximum Gasteiger partial charge on any atom is 0.267 e. The van der Waals surface area contributed by atoms with E-state index in [-0.39, 0.29) is 11.8 Å². The van der Waals surface area contributed by atoms with Crippen LogP contribution in [0.4, 0.5) is 5.69 Å². The number of benzene rings is 1. The van der Waals surface area contributed by atoms with Crippen molar-refractivity contribution in [2.75, 3.05) is 18.0 Å². The van der Waals surface area contributed by atoms with Crippen LogP contribution in [0.3, 0.4) is 0 Å². The molecule has 1 atom stereocenters. The molecule has 0 saturated carbocycles. The van der Waals surface area contributed by atoms with E-state index in [0.29, 0.717) is 18.6 Å². The Morgan fingerprint density at radius 1 is 1.09 bits per heavy atom. The lowest BCUT2D eigenvalue weighted by atomic mass is 10.1. The van der Waals surface area contributed by atoms with Crippen LogP contribution in [0.2, 0.25) is 0 Å². The first-order valence-corrected chi connectivity index (χ1v) is 8.14. The second-order valence-electron chi connectivity index (χ2n) is 6.14. The van der Waals surface area contributed by atoms with Gasteiger partial charge in [0.25, 0.3) is 5.91 Å². The number of piperidine rings is 1. The van der Waals surface area contributed by atoms with Crippen LogP contribution < -0.4 is 15.0 Å². The predicted octanol–water partition coefficient (Wildman–Crippen LogP) is 2.42. The molecule has 0 bridgehead atoms. The Bertz CT molecular complexity index is 609. The number of anilines is 1. The molecule has 2 heterocycles. The number of carbonyl (C=O) groups is 2. The number of hydrogen-bond donors (Lipinski definition) is 1. The monoisotopic (exact) mass is 314 g/mol. The van der Waals surface area contributed by atoms with Crippen LogP contribution in [0.5, 0.6) is 5.75 Å². The third kappa shape index (κ3) is 3.92. The van der Waals surface area contributed by atoms with Crippen molar-refractivity contribution < 1.29 is 14.3 Å². The summed E-state index contributed by atoms with van der Waals surface area (Å²) in [5.41, 5.74) is 2.49. The third-order valence-corrected chi connectivity index (χ3v) is 4.36. The van der Waals surface area contributed by atoms with Gasteiger partial charge in [0.05, 0.1) is 0 Å². The molecule has 5 nitrogen and oxygen atoms in total. The number of nitrogens with one attached hydrogen (secondary N) is 1. The maximum absolute atomic E-state index is 11.7. The molecule has 1 aromatic carbocycles. The smallest absolute Gasteiger partial charge is 0.267 e. The van der Waals surface area contributed by atoms with Gasteiger partial charge >= 0.3 is 0 Å². The highest BCUT2D eigenvalue weighted by Gasteiger charge is 2.28. The Hall–Kier alpha value is -2.30. The highest BCUT2D eigenvalue weighted by atomic mass is 16.5. The Balaban J connectivity index is 1.61. The molecule has 2 amide bonds. The van der Waals surface area contributed by atoms with E-state index >= 15 is 0 Å². The molecule has 5 heteroatoms. The van der Waals surface area contributed by atoms with E-state index in [9.17, 15) is 9.59 Å². The Labute approximate surface area is 136 Å². The first kappa shape index (κ1) is 15.6. The minimum Gasteiger partial charge on any atom is -0.481 e. The molecule has 23 heavy (non-hydrogen) atoms. The molecule has 0 aromatic heterocycles. The van der Waals surface area contributed by atoms with Gasteiger partial charge in [-0.3, -0.25) is 14.9 Å². The average Bonchev–Trinajstić information content (AvgIpc) is 2.76. The van der Waals surface area contributed by atoms with Gasteiger partial charge in [-0.05, 0) is 43.5 Å². The van der Waals surface area contributed by atoms with Gasteiger partial charge in [-0.15, -0.1) is 0 Å². The molecule has 2 saturated heterocycles. The summed E-state index contributed by atoms with van der Waals surface area (Å²) in [6, 6.07) is 7.82. The summed E-state index contributed by atoms with van der Waals surface area (Å²) in [7, 11) is 0. The fourth-order valence-corrected chi connectivity index (χ4v) is 2.99. The molecule has 1 aromatic rings. The zero-order valence-corrected chi connectivity index (χ0v) is 13.2. The summed E-state index contributed by atoms with van der Waals surface area (Å²) in [4.78, 5) is 25.2. The first-order chi connectivity index (χ1) is 11.1. The lowest BCUT2D eigenvalue weighted by Crippen LogP contribution is -2.46. The molecule has 3 rings (SSSR count). The quantitative estimate of drug-likeness (QED) is 0.687. The maximum atomic E-state index is 11.7. The van der Waals surface area contributed by atoms with Crippen LogP contribution in [0.25, 0.3) is 0 Å². The summed E-state index contributed by atoms with van der Waals surface area (Å²) >= 11 is 0. The third-order valence-electron chi connectivity index (χ3n) is 4.36.